The van der Waals surface area contributed by atoms with Gasteiger partial charge in [-0.3, -0.25) is 4.79 Å². The number of nitrogens with one attached hydrogen (secondary N) is 2. The van der Waals surface area contributed by atoms with Gasteiger partial charge in [-0.2, -0.15) is 0 Å². The highest BCUT2D eigenvalue weighted by atomic mass is 16.5. The Morgan fingerprint density at radius 3 is 1.84 bits per heavy atom. The van der Waals surface area contributed by atoms with Crippen molar-refractivity contribution in [1.82, 2.24) is 10.6 Å². The molecule has 2 N–H and O–H groups in total. The van der Waals surface area contributed by atoms with E-state index in [1.165, 1.54) is 11.1 Å². The van der Waals surface area contributed by atoms with E-state index in [1.54, 1.807) is 14.1 Å². The fourth-order valence-corrected chi connectivity index (χ4v) is 1.94. The van der Waals surface area contributed by atoms with Gasteiger partial charge in [0, 0.05) is 26.1 Å². The number of rotatable bonds is 4. The molecule has 0 saturated carbocycles. The van der Waals surface area contributed by atoms with Crippen LogP contribution < -0.4 is 10.6 Å². The number of carbonyl (C=O) groups is 2. The Morgan fingerprint density at radius 1 is 0.840 bits per heavy atom. The van der Waals surface area contributed by atoms with Gasteiger partial charge in [-0.05, 0) is 31.5 Å². The van der Waals surface area contributed by atoms with Crippen LogP contribution >= 0.6 is 0 Å². The lowest BCUT2D eigenvalue weighted by Gasteiger charge is -2.03. The van der Waals surface area contributed by atoms with Crippen molar-refractivity contribution < 1.29 is 14.3 Å². The first-order chi connectivity index (χ1) is 12.0. The fraction of sp³-hybridized carbons (Fsp3) is 0.300. The van der Waals surface area contributed by atoms with Crippen molar-refractivity contribution in [2.24, 2.45) is 0 Å². The van der Waals surface area contributed by atoms with Crippen LogP contribution in [0, 0.1) is 13.8 Å². The summed E-state index contributed by atoms with van der Waals surface area (Å²) in [5.41, 5.74) is 4.29. The first-order valence-corrected chi connectivity index (χ1v) is 8.15. The van der Waals surface area contributed by atoms with Gasteiger partial charge in [-0.15, -0.1) is 0 Å². The smallest absolute Gasteiger partial charge is 0.406 e. The Labute approximate surface area is 149 Å². The van der Waals surface area contributed by atoms with Crippen molar-refractivity contribution in [3.8, 4) is 0 Å². The van der Waals surface area contributed by atoms with E-state index < -0.39 is 0 Å². The minimum atomic E-state index is -0.378. The van der Waals surface area contributed by atoms with Gasteiger partial charge in [-0.25, -0.2) is 4.79 Å². The van der Waals surface area contributed by atoms with Crippen LogP contribution in [-0.2, 0) is 11.2 Å². The monoisotopic (exact) mass is 342 g/mol. The third kappa shape index (κ3) is 8.01. The van der Waals surface area contributed by atoms with Gasteiger partial charge in [0.25, 0.3) is 5.91 Å². The maximum atomic E-state index is 11.0. The molecule has 0 aliphatic carbocycles. The maximum Gasteiger partial charge on any atom is 0.406 e. The number of benzene rings is 2. The standard InChI is InChI=1S/C11H15NO2.C9H11NO/c1-9-3-5-10(6-4-9)7-8-14-11(13)12-2;1-7-3-5-8(6-4-7)9(11)10-2/h3-6H,7-8H2,1-2H3,(H,12,13);3-6H,1-2H3,(H,10,11). The highest BCUT2D eigenvalue weighted by molar-refractivity contribution is 5.93. The third-order valence-corrected chi connectivity index (χ3v) is 3.49. The molecule has 5 heteroatoms. The summed E-state index contributed by atoms with van der Waals surface area (Å²) in [6, 6.07) is 15.7. The van der Waals surface area contributed by atoms with Crippen LogP contribution in [0.3, 0.4) is 0 Å². The van der Waals surface area contributed by atoms with Crippen LogP contribution in [0.5, 0.6) is 0 Å². The molecule has 0 aliphatic rings. The van der Waals surface area contributed by atoms with Crippen LogP contribution in [0.15, 0.2) is 48.5 Å². The van der Waals surface area contributed by atoms with Crippen LogP contribution in [0.25, 0.3) is 0 Å². The molecule has 5 nitrogen and oxygen atoms in total. The predicted octanol–water partition coefficient (Wildman–Crippen LogP) is 3.25. The van der Waals surface area contributed by atoms with Crippen molar-refractivity contribution in [2.45, 2.75) is 20.3 Å². The SMILES string of the molecule is CNC(=O)OCCc1ccc(C)cc1.CNC(=O)c1ccc(C)cc1. The second-order valence-corrected chi connectivity index (χ2v) is 5.57. The minimum Gasteiger partial charge on any atom is -0.449 e. The molecule has 2 aromatic carbocycles. The molecule has 0 atom stereocenters. The predicted molar refractivity (Wildman–Crippen MR) is 99.9 cm³/mol. The van der Waals surface area contributed by atoms with Gasteiger partial charge in [0.15, 0.2) is 0 Å². The average molecular weight is 342 g/mol. The van der Waals surface area contributed by atoms with Gasteiger partial charge >= 0.3 is 6.09 Å². The summed E-state index contributed by atoms with van der Waals surface area (Å²) in [5.74, 6) is -0.0370. The van der Waals surface area contributed by atoms with E-state index in [0.717, 1.165) is 12.0 Å². The van der Waals surface area contributed by atoms with Gasteiger partial charge < -0.3 is 15.4 Å². The van der Waals surface area contributed by atoms with E-state index in [4.69, 9.17) is 4.74 Å². The van der Waals surface area contributed by atoms with Crippen molar-refractivity contribution in [3.05, 3.63) is 70.8 Å². The molecule has 0 bridgehead atoms. The highest BCUT2D eigenvalue weighted by Gasteiger charge is 1.99. The Morgan fingerprint density at radius 2 is 1.36 bits per heavy atom. The Balaban J connectivity index is 0.000000257. The largest absolute Gasteiger partial charge is 0.449 e. The molecule has 0 heterocycles. The summed E-state index contributed by atoms with van der Waals surface area (Å²) in [6.07, 6.45) is 0.380. The van der Waals surface area contributed by atoms with Crippen molar-refractivity contribution in [1.29, 1.82) is 0 Å². The number of carbonyl (C=O) groups excluding carboxylic acids is 2. The van der Waals surface area contributed by atoms with Gasteiger partial charge in [0.1, 0.15) is 0 Å². The molecule has 0 radical (unpaired) electrons. The molecule has 0 aromatic heterocycles. The van der Waals surface area contributed by atoms with E-state index in [0.29, 0.717) is 12.2 Å². The maximum absolute atomic E-state index is 11.0. The second-order valence-electron chi connectivity index (χ2n) is 5.57. The molecule has 25 heavy (non-hydrogen) atoms. The number of hydrogen-bond acceptors (Lipinski definition) is 3. The first-order valence-electron chi connectivity index (χ1n) is 8.15. The molecule has 0 aliphatic heterocycles. The Kier molecular flexibility index (Phi) is 8.79. The van der Waals surface area contributed by atoms with E-state index in [9.17, 15) is 9.59 Å². The second kappa shape index (κ2) is 10.9. The van der Waals surface area contributed by atoms with E-state index >= 15 is 0 Å². The molecule has 134 valence electrons. The molecule has 0 saturated heterocycles. The molecule has 0 unspecified atom stereocenters. The highest BCUT2D eigenvalue weighted by Crippen LogP contribution is 2.04. The minimum absolute atomic E-state index is 0.0370. The Bertz CT molecular complexity index is 664. The molecule has 2 rings (SSSR count). The zero-order valence-corrected chi connectivity index (χ0v) is 15.3. The number of alkyl carbamates (subject to hydrolysis) is 1. The van der Waals surface area contributed by atoms with Crippen molar-refractivity contribution in [3.63, 3.8) is 0 Å². The van der Waals surface area contributed by atoms with Gasteiger partial charge in [0.2, 0.25) is 0 Å². The zero-order valence-electron chi connectivity index (χ0n) is 15.3. The summed E-state index contributed by atoms with van der Waals surface area (Å²) in [6.45, 7) is 4.46. The summed E-state index contributed by atoms with van der Waals surface area (Å²) < 4.78 is 4.88. The van der Waals surface area contributed by atoms with Crippen molar-refractivity contribution in [2.75, 3.05) is 20.7 Å². The van der Waals surface area contributed by atoms with Crippen LogP contribution in [0.2, 0.25) is 0 Å². The summed E-state index contributed by atoms with van der Waals surface area (Å²) in [5, 5.41) is 4.96. The van der Waals surface area contributed by atoms with E-state index in [2.05, 4.69) is 22.8 Å². The molecule has 0 spiro atoms. The first kappa shape index (κ1) is 20.2. The lowest BCUT2D eigenvalue weighted by atomic mass is 10.1. The number of amides is 2. The van der Waals surface area contributed by atoms with Crippen LogP contribution in [-0.4, -0.2) is 32.7 Å². The van der Waals surface area contributed by atoms with Gasteiger partial charge in [0.05, 0.1) is 6.61 Å². The zero-order chi connectivity index (χ0) is 18.7. The number of hydrogen-bond donors (Lipinski definition) is 2. The Hall–Kier alpha value is -2.82. The van der Waals surface area contributed by atoms with E-state index in [-0.39, 0.29) is 12.0 Å². The lowest BCUT2D eigenvalue weighted by Crippen LogP contribution is -2.20. The molecule has 0 fully saturated rings. The normalized spacial score (nSPS) is 9.44. The van der Waals surface area contributed by atoms with E-state index in [1.807, 2.05) is 50.2 Å². The summed E-state index contributed by atoms with van der Waals surface area (Å²) in [4.78, 5) is 21.7. The fourth-order valence-electron chi connectivity index (χ4n) is 1.94. The lowest BCUT2D eigenvalue weighted by molar-refractivity contribution is 0.0963. The summed E-state index contributed by atoms with van der Waals surface area (Å²) >= 11 is 0. The third-order valence-electron chi connectivity index (χ3n) is 3.49. The summed E-state index contributed by atoms with van der Waals surface area (Å²) in [7, 11) is 3.18. The molecular formula is C20H26N2O3. The average Bonchev–Trinajstić information content (AvgIpc) is 2.63. The molecule has 2 amide bonds. The topological polar surface area (TPSA) is 67.4 Å². The van der Waals surface area contributed by atoms with Crippen molar-refractivity contribution >= 4 is 12.0 Å². The number of ether oxygens (including phenoxy) is 1. The molecule has 2 aromatic rings. The van der Waals surface area contributed by atoms with Gasteiger partial charge in [-0.1, -0.05) is 47.5 Å². The van der Waals surface area contributed by atoms with Crippen LogP contribution in [0.4, 0.5) is 4.79 Å². The quantitative estimate of drug-likeness (QED) is 0.896. The van der Waals surface area contributed by atoms with Crippen LogP contribution in [0.1, 0.15) is 27.0 Å². The number of aryl methyl sites for hydroxylation is 2. The molecular weight excluding hydrogens is 316 g/mol.